The summed E-state index contributed by atoms with van der Waals surface area (Å²) >= 11 is 0. The molecule has 1 aromatic carbocycles. The molecule has 1 aliphatic rings. The van der Waals surface area contributed by atoms with Crippen LogP contribution >= 0.6 is 0 Å². The van der Waals surface area contributed by atoms with Crippen molar-refractivity contribution in [1.29, 1.82) is 0 Å². The number of nitrogens with one attached hydrogen (secondary N) is 1. The Morgan fingerprint density at radius 3 is 2.28 bits per heavy atom. The Hall–Kier alpha value is -0.670. The molecule has 2 rings (SSSR count). The van der Waals surface area contributed by atoms with Crippen LogP contribution in [0.15, 0.2) is 29.2 Å². The van der Waals surface area contributed by atoms with E-state index in [2.05, 4.69) is 31.3 Å². The standard InChI is InChI=1S/C15H23NOS/c1-11(13-5-4-6-13)16-12(2)14-7-9-15(10-8-14)18(3)17/h7-13,16H,4-6H2,1-3H3. The van der Waals surface area contributed by atoms with Crippen molar-refractivity contribution in [3.63, 3.8) is 0 Å². The van der Waals surface area contributed by atoms with Gasteiger partial charge in [0, 0.05) is 34.0 Å². The first-order valence-electron chi connectivity index (χ1n) is 6.77. The summed E-state index contributed by atoms with van der Waals surface area (Å²) in [6, 6.07) is 9.06. The molecule has 1 aromatic rings. The normalized spacial score (nSPS) is 21.1. The summed E-state index contributed by atoms with van der Waals surface area (Å²) in [5, 5.41) is 3.67. The lowest BCUT2D eigenvalue weighted by Gasteiger charge is -2.34. The lowest BCUT2D eigenvalue weighted by molar-refractivity contribution is 0.230. The highest BCUT2D eigenvalue weighted by atomic mass is 32.2. The van der Waals surface area contributed by atoms with Gasteiger partial charge in [0.1, 0.15) is 0 Å². The molecule has 1 N–H and O–H groups in total. The van der Waals surface area contributed by atoms with Gasteiger partial charge in [-0.25, -0.2) is 0 Å². The zero-order valence-electron chi connectivity index (χ0n) is 11.5. The molecular weight excluding hydrogens is 242 g/mol. The largest absolute Gasteiger partial charge is 0.307 e. The van der Waals surface area contributed by atoms with Crippen LogP contribution in [0.5, 0.6) is 0 Å². The van der Waals surface area contributed by atoms with Crippen molar-refractivity contribution in [3.05, 3.63) is 29.8 Å². The molecule has 0 heterocycles. The Morgan fingerprint density at radius 2 is 1.83 bits per heavy atom. The number of hydrogen-bond donors (Lipinski definition) is 1. The Morgan fingerprint density at radius 1 is 1.22 bits per heavy atom. The van der Waals surface area contributed by atoms with E-state index in [-0.39, 0.29) is 0 Å². The van der Waals surface area contributed by atoms with E-state index < -0.39 is 10.8 Å². The fraction of sp³-hybridized carbons (Fsp3) is 0.600. The van der Waals surface area contributed by atoms with Crippen molar-refractivity contribution in [2.24, 2.45) is 5.92 Å². The molecule has 3 atom stereocenters. The molecule has 1 saturated carbocycles. The topological polar surface area (TPSA) is 29.1 Å². The summed E-state index contributed by atoms with van der Waals surface area (Å²) in [6.07, 6.45) is 5.85. The van der Waals surface area contributed by atoms with Gasteiger partial charge in [-0.1, -0.05) is 18.6 Å². The molecule has 0 aliphatic heterocycles. The van der Waals surface area contributed by atoms with Crippen molar-refractivity contribution in [2.45, 2.75) is 50.1 Å². The molecule has 100 valence electrons. The molecule has 0 aromatic heterocycles. The summed E-state index contributed by atoms with van der Waals surface area (Å²) in [6.45, 7) is 4.49. The van der Waals surface area contributed by atoms with Gasteiger partial charge in [0.25, 0.3) is 0 Å². The summed E-state index contributed by atoms with van der Waals surface area (Å²) in [7, 11) is -0.881. The van der Waals surface area contributed by atoms with Gasteiger partial charge in [-0.3, -0.25) is 4.21 Å². The molecule has 3 unspecified atom stereocenters. The molecule has 0 amide bonds. The van der Waals surface area contributed by atoms with E-state index in [0.29, 0.717) is 12.1 Å². The van der Waals surface area contributed by atoms with E-state index in [0.717, 1.165) is 10.8 Å². The molecule has 0 spiro atoms. The van der Waals surface area contributed by atoms with Crippen LogP contribution in [0.25, 0.3) is 0 Å². The van der Waals surface area contributed by atoms with Gasteiger partial charge >= 0.3 is 0 Å². The first-order valence-corrected chi connectivity index (χ1v) is 8.33. The van der Waals surface area contributed by atoms with Crippen LogP contribution in [-0.4, -0.2) is 16.5 Å². The third kappa shape index (κ3) is 3.21. The lowest BCUT2D eigenvalue weighted by Crippen LogP contribution is -2.38. The van der Waals surface area contributed by atoms with Gasteiger partial charge in [0.15, 0.2) is 0 Å². The molecule has 0 saturated heterocycles. The van der Waals surface area contributed by atoms with Crippen LogP contribution in [0.4, 0.5) is 0 Å². The molecule has 1 aliphatic carbocycles. The number of benzene rings is 1. The van der Waals surface area contributed by atoms with Crippen molar-refractivity contribution < 1.29 is 4.21 Å². The summed E-state index contributed by atoms with van der Waals surface area (Å²) < 4.78 is 11.3. The predicted octanol–water partition coefficient (Wildman–Crippen LogP) is 3.26. The van der Waals surface area contributed by atoms with Gasteiger partial charge in [0.05, 0.1) is 0 Å². The van der Waals surface area contributed by atoms with Gasteiger partial charge in [-0.05, 0) is 50.3 Å². The van der Waals surface area contributed by atoms with Gasteiger partial charge < -0.3 is 5.32 Å². The number of rotatable bonds is 5. The first kappa shape index (κ1) is 13.8. The minimum Gasteiger partial charge on any atom is -0.307 e. The van der Waals surface area contributed by atoms with Gasteiger partial charge in [0.2, 0.25) is 0 Å². The second kappa shape index (κ2) is 5.98. The van der Waals surface area contributed by atoms with Gasteiger partial charge in [-0.15, -0.1) is 0 Å². The highest BCUT2D eigenvalue weighted by Gasteiger charge is 2.24. The zero-order valence-corrected chi connectivity index (χ0v) is 12.3. The van der Waals surface area contributed by atoms with Crippen LogP contribution < -0.4 is 5.32 Å². The minimum absolute atomic E-state index is 0.361. The third-order valence-corrected chi connectivity index (χ3v) is 5.02. The average Bonchev–Trinajstić information content (AvgIpc) is 2.26. The van der Waals surface area contributed by atoms with Crippen LogP contribution in [-0.2, 0) is 10.8 Å². The lowest BCUT2D eigenvalue weighted by atomic mass is 9.80. The summed E-state index contributed by atoms with van der Waals surface area (Å²) in [4.78, 5) is 0.901. The second-order valence-corrected chi connectivity index (χ2v) is 6.77. The average molecular weight is 265 g/mol. The molecule has 18 heavy (non-hydrogen) atoms. The van der Waals surface area contributed by atoms with Crippen LogP contribution in [0.3, 0.4) is 0 Å². The maximum absolute atomic E-state index is 11.3. The van der Waals surface area contributed by atoms with Crippen LogP contribution in [0.1, 0.15) is 44.7 Å². The van der Waals surface area contributed by atoms with E-state index in [9.17, 15) is 4.21 Å². The van der Waals surface area contributed by atoms with Crippen LogP contribution in [0, 0.1) is 5.92 Å². The Balaban J connectivity index is 1.95. The summed E-state index contributed by atoms with van der Waals surface area (Å²) in [5.74, 6) is 0.856. The number of hydrogen-bond acceptors (Lipinski definition) is 2. The molecule has 0 radical (unpaired) electrons. The highest BCUT2D eigenvalue weighted by molar-refractivity contribution is 7.84. The Labute approximate surface area is 113 Å². The summed E-state index contributed by atoms with van der Waals surface area (Å²) in [5.41, 5.74) is 1.27. The van der Waals surface area contributed by atoms with E-state index in [1.807, 2.05) is 12.1 Å². The fourth-order valence-corrected chi connectivity index (χ4v) is 3.03. The molecule has 2 nitrogen and oxygen atoms in total. The molecular formula is C15H23NOS. The van der Waals surface area contributed by atoms with Crippen molar-refractivity contribution in [3.8, 4) is 0 Å². The SMILES string of the molecule is CC(NC(C)C1CCC1)c1ccc(S(C)=O)cc1. The predicted molar refractivity (Wildman–Crippen MR) is 77.1 cm³/mol. The van der Waals surface area contributed by atoms with E-state index in [4.69, 9.17) is 0 Å². The monoisotopic (exact) mass is 265 g/mol. The van der Waals surface area contributed by atoms with Crippen molar-refractivity contribution in [2.75, 3.05) is 6.26 Å². The van der Waals surface area contributed by atoms with Crippen molar-refractivity contribution >= 4 is 10.8 Å². The zero-order chi connectivity index (χ0) is 13.1. The quantitative estimate of drug-likeness (QED) is 0.885. The van der Waals surface area contributed by atoms with Crippen LogP contribution in [0.2, 0.25) is 0 Å². The molecule has 3 heteroatoms. The Bertz CT molecular complexity index is 411. The third-order valence-electron chi connectivity index (χ3n) is 4.08. The first-order chi connectivity index (χ1) is 8.58. The van der Waals surface area contributed by atoms with E-state index >= 15 is 0 Å². The maximum atomic E-state index is 11.3. The smallest absolute Gasteiger partial charge is 0.0498 e. The highest BCUT2D eigenvalue weighted by Crippen LogP contribution is 2.30. The maximum Gasteiger partial charge on any atom is 0.0498 e. The van der Waals surface area contributed by atoms with Gasteiger partial charge in [-0.2, -0.15) is 0 Å². The fourth-order valence-electron chi connectivity index (χ4n) is 2.51. The second-order valence-electron chi connectivity index (χ2n) is 5.39. The van der Waals surface area contributed by atoms with E-state index in [1.165, 1.54) is 24.8 Å². The Kier molecular flexibility index (Phi) is 4.57. The minimum atomic E-state index is -0.881. The van der Waals surface area contributed by atoms with E-state index in [1.54, 1.807) is 6.26 Å². The van der Waals surface area contributed by atoms with Crippen molar-refractivity contribution in [1.82, 2.24) is 5.32 Å². The molecule has 0 bridgehead atoms. The molecule has 1 fully saturated rings.